The zero-order valence-corrected chi connectivity index (χ0v) is 11.4. The summed E-state index contributed by atoms with van der Waals surface area (Å²) in [7, 11) is 1.61. The van der Waals surface area contributed by atoms with Crippen molar-refractivity contribution in [3.8, 4) is 5.75 Å². The minimum atomic E-state index is 0.410. The number of methoxy groups -OCH3 is 1. The highest BCUT2D eigenvalue weighted by molar-refractivity contribution is 6.39. The molecular weight excluding hydrogens is 280 g/mol. The van der Waals surface area contributed by atoms with Gasteiger partial charge in [0.25, 0.3) is 0 Å². The molecule has 0 saturated heterocycles. The first-order valence-electron chi connectivity index (χ1n) is 5.05. The zero-order chi connectivity index (χ0) is 12.4. The number of fused-ring (bicyclic) bond motifs is 1. The monoisotopic (exact) mass is 289 g/mol. The van der Waals surface area contributed by atoms with Crippen LogP contribution in [0.25, 0.3) is 10.9 Å². The lowest BCUT2D eigenvalue weighted by Crippen LogP contribution is -1.95. The molecule has 0 aliphatic heterocycles. The highest BCUT2D eigenvalue weighted by Crippen LogP contribution is 2.33. The van der Waals surface area contributed by atoms with Crippen LogP contribution >= 0.6 is 34.8 Å². The van der Waals surface area contributed by atoms with E-state index < -0.39 is 0 Å². The van der Waals surface area contributed by atoms with E-state index in [1.54, 1.807) is 7.11 Å². The van der Waals surface area contributed by atoms with Crippen molar-refractivity contribution in [1.29, 1.82) is 0 Å². The van der Waals surface area contributed by atoms with Crippen LogP contribution in [-0.4, -0.2) is 18.0 Å². The molecule has 0 radical (unpaired) electrons. The van der Waals surface area contributed by atoms with Crippen molar-refractivity contribution in [2.24, 2.45) is 0 Å². The quantitative estimate of drug-likeness (QED) is 0.620. The number of rotatable bonds is 3. The van der Waals surface area contributed by atoms with Crippen molar-refractivity contribution < 1.29 is 4.74 Å². The molecule has 0 amide bonds. The van der Waals surface area contributed by atoms with Gasteiger partial charge >= 0.3 is 0 Å². The average Bonchev–Trinajstić information content (AvgIpc) is 2.34. The highest BCUT2D eigenvalue weighted by atomic mass is 35.5. The molecule has 17 heavy (non-hydrogen) atoms. The Hall–Kier alpha value is -0.700. The summed E-state index contributed by atoms with van der Waals surface area (Å²) in [5.41, 5.74) is 1.53. The number of hydrogen-bond acceptors (Lipinski definition) is 2. The molecule has 1 heterocycles. The van der Waals surface area contributed by atoms with Gasteiger partial charge in [-0.05, 0) is 24.6 Å². The van der Waals surface area contributed by atoms with Gasteiger partial charge in [-0.3, -0.25) is 0 Å². The standard InChI is InChI=1S/C12H10Cl3NO/c1-17-7-2-3-10-9(6-7)11(14)8(4-5-13)12(15)16-10/h2-3,6H,4-5H2,1H3. The molecule has 0 aliphatic carbocycles. The molecular formula is C12H10Cl3NO. The van der Waals surface area contributed by atoms with Crippen LogP contribution in [0.5, 0.6) is 5.75 Å². The molecule has 2 aromatic rings. The van der Waals surface area contributed by atoms with Crippen LogP contribution in [0.3, 0.4) is 0 Å². The highest BCUT2D eigenvalue weighted by Gasteiger charge is 2.12. The first-order chi connectivity index (χ1) is 8.17. The lowest BCUT2D eigenvalue weighted by atomic mass is 10.1. The third-order valence-corrected chi connectivity index (χ3v) is 3.45. The van der Waals surface area contributed by atoms with Crippen LogP contribution in [0.1, 0.15) is 5.56 Å². The molecule has 1 aromatic heterocycles. The van der Waals surface area contributed by atoms with Gasteiger partial charge in [0, 0.05) is 16.8 Å². The SMILES string of the molecule is COc1ccc2nc(Cl)c(CCCl)c(Cl)c2c1. The number of nitrogens with zero attached hydrogens (tertiary/aromatic N) is 1. The predicted octanol–water partition coefficient (Wildman–Crippen LogP) is 4.33. The molecule has 2 rings (SSSR count). The Morgan fingerprint density at radius 2 is 2.06 bits per heavy atom. The van der Waals surface area contributed by atoms with Gasteiger partial charge in [0.1, 0.15) is 10.9 Å². The molecule has 0 N–H and O–H groups in total. The van der Waals surface area contributed by atoms with E-state index >= 15 is 0 Å². The van der Waals surface area contributed by atoms with Gasteiger partial charge in [-0.15, -0.1) is 11.6 Å². The van der Waals surface area contributed by atoms with Gasteiger partial charge in [-0.25, -0.2) is 4.98 Å². The summed E-state index contributed by atoms with van der Waals surface area (Å²) in [6.45, 7) is 0. The number of halogens is 3. The summed E-state index contributed by atoms with van der Waals surface area (Å²) in [5.74, 6) is 1.19. The fourth-order valence-corrected chi connectivity index (χ4v) is 2.50. The van der Waals surface area contributed by atoms with Crippen molar-refractivity contribution >= 4 is 45.7 Å². The number of hydrogen-bond donors (Lipinski definition) is 0. The first kappa shape index (κ1) is 12.7. The average molecular weight is 291 g/mol. The smallest absolute Gasteiger partial charge is 0.134 e. The summed E-state index contributed by atoms with van der Waals surface area (Å²) in [5, 5.41) is 1.84. The molecule has 90 valence electrons. The molecule has 0 aliphatic rings. The van der Waals surface area contributed by atoms with E-state index in [2.05, 4.69) is 4.98 Å². The molecule has 0 atom stereocenters. The van der Waals surface area contributed by atoms with E-state index in [9.17, 15) is 0 Å². The van der Waals surface area contributed by atoms with Gasteiger partial charge < -0.3 is 4.74 Å². The topological polar surface area (TPSA) is 22.1 Å². The lowest BCUT2D eigenvalue weighted by Gasteiger charge is -2.09. The third kappa shape index (κ3) is 2.44. The zero-order valence-electron chi connectivity index (χ0n) is 9.14. The number of alkyl halides is 1. The Morgan fingerprint density at radius 3 is 2.71 bits per heavy atom. The normalized spacial score (nSPS) is 10.8. The lowest BCUT2D eigenvalue weighted by molar-refractivity contribution is 0.415. The van der Waals surface area contributed by atoms with E-state index in [4.69, 9.17) is 39.5 Å². The van der Waals surface area contributed by atoms with E-state index in [0.29, 0.717) is 22.5 Å². The van der Waals surface area contributed by atoms with Crippen molar-refractivity contribution in [1.82, 2.24) is 4.98 Å². The van der Waals surface area contributed by atoms with Crippen molar-refractivity contribution in [2.75, 3.05) is 13.0 Å². The van der Waals surface area contributed by atoms with Crippen LogP contribution in [0.2, 0.25) is 10.2 Å². The van der Waals surface area contributed by atoms with Crippen molar-refractivity contribution in [3.05, 3.63) is 33.9 Å². The van der Waals surface area contributed by atoms with Crippen LogP contribution in [0, 0.1) is 0 Å². The second-order valence-corrected chi connectivity index (χ2v) is 4.63. The first-order valence-corrected chi connectivity index (χ1v) is 6.34. The van der Waals surface area contributed by atoms with Crippen molar-refractivity contribution in [3.63, 3.8) is 0 Å². The Balaban J connectivity index is 2.69. The molecule has 0 bridgehead atoms. The van der Waals surface area contributed by atoms with Gasteiger partial charge in [0.05, 0.1) is 17.6 Å². The number of benzene rings is 1. The molecule has 0 saturated carbocycles. The second kappa shape index (κ2) is 5.30. The van der Waals surface area contributed by atoms with Gasteiger partial charge in [-0.1, -0.05) is 23.2 Å². The van der Waals surface area contributed by atoms with Crippen LogP contribution in [0.15, 0.2) is 18.2 Å². The Morgan fingerprint density at radius 1 is 1.29 bits per heavy atom. The summed E-state index contributed by atoms with van der Waals surface area (Å²) in [6.07, 6.45) is 0.597. The third-order valence-electron chi connectivity index (χ3n) is 2.52. The number of aromatic nitrogens is 1. The van der Waals surface area contributed by atoms with Crippen LogP contribution in [0.4, 0.5) is 0 Å². The van der Waals surface area contributed by atoms with E-state index in [1.807, 2.05) is 18.2 Å². The fraction of sp³-hybridized carbons (Fsp3) is 0.250. The molecule has 5 heteroatoms. The van der Waals surface area contributed by atoms with Crippen LogP contribution < -0.4 is 4.74 Å². The molecule has 0 unspecified atom stereocenters. The maximum Gasteiger partial charge on any atom is 0.134 e. The van der Waals surface area contributed by atoms with Gasteiger partial charge in [-0.2, -0.15) is 0 Å². The predicted molar refractivity (Wildman–Crippen MR) is 72.7 cm³/mol. The van der Waals surface area contributed by atoms with Gasteiger partial charge in [0.15, 0.2) is 0 Å². The molecule has 0 fully saturated rings. The van der Waals surface area contributed by atoms with E-state index in [0.717, 1.165) is 22.2 Å². The Bertz CT molecular complexity index is 557. The second-order valence-electron chi connectivity index (χ2n) is 3.52. The minimum Gasteiger partial charge on any atom is -0.497 e. The summed E-state index contributed by atoms with van der Waals surface area (Å²) >= 11 is 18.1. The Labute approximate surface area is 114 Å². The maximum atomic E-state index is 6.32. The summed E-state index contributed by atoms with van der Waals surface area (Å²) in [4.78, 5) is 4.30. The fourth-order valence-electron chi connectivity index (χ4n) is 1.65. The van der Waals surface area contributed by atoms with Crippen molar-refractivity contribution in [2.45, 2.75) is 6.42 Å². The minimum absolute atomic E-state index is 0.410. The Kier molecular flexibility index (Phi) is 3.97. The molecule has 0 spiro atoms. The molecule has 1 aromatic carbocycles. The number of pyridine rings is 1. The van der Waals surface area contributed by atoms with Crippen LogP contribution in [-0.2, 0) is 6.42 Å². The van der Waals surface area contributed by atoms with Gasteiger partial charge in [0.2, 0.25) is 0 Å². The molecule has 2 nitrogen and oxygen atoms in total. The largest absolute Gasteiger partial charge is 0.497 e. The summed E-state index contributed by atoms with van der Waals surface area (Å²) < 4.78 is 5.16. The van der Waals surface area contributed by atoms with E-state index in [1.165, 1.54) is 0 Å². The number of ether oxygens (including phenoxy) is 1. The summed E-state index contributed by atoms with van der Waals surface area (Å²) in [6, 6.07) is 5.50. The van der Waals surface area contributed by atoms with E-state index in [-0.39, 0.29) is 0 Å². The maximum absolute atomic E-state index is 6.32.